The molecule has 1 amide bonds. The number of methoxy groups -OCH3 is 2. The van der Waals surface area contributed by atoms with Crippen LogP contribution in [0.15, 0.2) is 85.2 Å². The smallest absolute Gasteiger partial charge is 0.258 e. The average molecular weight is 458 g/mol. The number of nitrogens with zero attached hydrogens (tertiary/aromatic N) is 2. The van der Waals surface area contributed by atoms with Gasteiger partial charge in [0.25, 0.3) is 5.91 Å². The van der Waals surface area contributed by atoms with Gasteiger partial charge in [0.1, 0.15) is 29.1 Å². The molecule has 0 saturated carbocycles. The molecular weight excluding hydrogens is 430 g/mol. The van der Waals surface area contributed by atoms with Gasteiger partial charge in [0.2, 0.25) is 0 Å². The molecule has 0 aliphatic heterocycles. The summed E-state index contributed by atoms with van der Waals surface area (Å²) >= 11 is 0. The molecule has 34 heavy (non-hydrogen) atoms. The zero-order chi connectivity index (χ0) is 23.9. The third kappa shape index (κ3) is 5.20. The molecule has 0 fully saturated rings. The molecule has 4 rings (SSSR count). The van der Waals surface area contributed by atoms with Gasteiger partial charge in [-0.05, 0) is 29.3 Å². The predicted octanol–water partition coefficient (Wildman–Crippen LogP) is 4.39. The number of aryl methyl sites for hydroxylation is 1. The molecular formula is C27H27N3O4. The second-order valence-corrected chi connectivity index (χ2v) is 7.69. The SMILES string of the molecule is COc1cc(OC)cc(C(NC(=O)COc2ccccc2-c2ccccc2)c2nccn2C)c1. The third-order valence-corrected chi connectivity index (χ3v) is 5.46. The van der Waals surface area contributed by atoms with Gasteiger partial charge in [-0.25, -0.2) is 4.98 Å². The Bertz CT molecular complexity index is 1230. The van der Waals surface area contributed by atoms with E-state index in [0.717, 1.165) is 16.7 Å². The van der Waals surface area contributed by atoms with Crippen LogP contribution in [-0.4, -0.2) is 36.3 Å². The van der Waals surface area contributed by atoms with Crippen LogP contribution in [-0.2, 0) is 11.8 Å². The lowest BCUT2D eigenvalue weighted by Crippen LogP contribution is -2.34. The highest BCUT2D eigenvalue weighted by atomic mass is 16.5. The monoisotopic (exact) mass is 457 g/mol. The van der Waals surface area contributed by atoms with Crippen molar-refractivity contribution in [3.05, 3.63) is 96.6 Å². The van der Waals surface area contributed by atoms with Crippen LogP contribution in [0.4, 0.5) is 0 Å². The molecule has 0 bridgehead atoms. The Morgan fingerprint density at radius 2 is 1.65 bits per heavy atom. The van der Waals surface area contributed by atoms with Gasteiger partial charge in [-0.3, -0.25) is 4.79 Å². The molecule has 1 atom stereocenters. The second-order valence-electron chi connectivity index (χ2n) is 7.69. The summed E-state index contributed by atoms with van der Waals surface area (Å²) in [6.07, 6.45) is 3.52. The summed E-state index contributed by atoms with van der Waals surface area (Å²) in [6.45, 7) is -0.147. The lowest BCUT2D eigenvalue weighted by atomic mass is 10.0. The molecule has 3 aromatic carbocycles. The van der Waals surface area contributed by atoms with Crippen molar-refractivity contribution in [3.63, 3.8) is 0 Å². The molecule has 174 valence electrons. The van der Waals surface area contributed by atoms with Crippen molar-refractivity contribution in [2.24, 2.45) is 7.05 Å². The number of amides is 1. The third-order valence-electron chi connectivity index (χ3n) is 5.46. The van der Waals surface area contributed by atoms with Crippen LogP contribution in [0.5, 0.6) is 17.2 Å². The fourth-order valence-electron chi connectivity index (χ4n) is 3.74. The largest absolute Gasteiger partial charge is 0.497 e. The maximum Gasteiger partial charge on any atom is 0.258 e. The fraction of sp³-hybridized carbons (Fsp3) is 0.185. The minimum atomic E-state index is -0.524. The van der Waals surface area contributed by atoms with Crippen molar-refractivity contribution in [3.8, 4) is 28.4 Å². The Labute approximate surface area is 198 Å². The number of imidazole rings is 1. The van der Waals surface area contributed by atoms with Gasteiger partial charge in [-0.2, -0.15) is 0 Å². The molecule has 0 aliphatic carbocycles. The normalized spacial score (nSPS) is 11.5. The number of carbonyl (C=O) groups excluding carboxylic acids is 1. The van der Waals surface area contributed by atoms with Gasteiger partial charge >= 0.3 is 0 Å². The number of carbonyl (C=O) groups is 1. The van der Waals surface area contributed by atoms with Crippen LogP contribution in [0, 0.1) is 0 Å². The number of aromatic nitrogens is 2. The summed E-state index contributed by atoms with van der Waals surface area (Å²) in [4.78, 5) is 17.5. The first kappa shape index (κ1) is 22.9. The zero-order valence-electron chi connectivity index (χ0n) is 19.4. The van der Waals surface area contributed by atoms with Gasteiger partial charge in [0, 0.05) is 31.1 Å². The molecule has 0 saturated heterocycles. The predicted molar refractivity (Wildman–Crippen MR) is 130 cm³/mol. The first-order chi connectivity index (χ1) is 16.6. The summed E-state index contributed by atoms with van der Waals surface area (Å²) < 4.78 is 18.6. The van der Waals surface area contributed by atoms with E-state index < -0.39 is 6.04 Å². The van der Waals surface area contributed by atoms with Gasteiger partial charge in [0.05, 0.1) is 14.2 Å². The maximum atomic E-state index is 13.0. The van der Waals surface area contributed by atoms with Gasteiger partial charge in [-0.1, -0.05) is 48.5 Å². The number of para-hydroxylation sites is 1. The van der Waals surface area contributed by atoms with Crippen LogP contribution < -0.4 is 19.5 Å². The summed E-state index contributed by atoms with van der Waals surface area (Å²) in [5.41, 5.74) is 2.73. The Kier molecular flexibility index (Phi) is 7.13. The highest BCUT2D eigenvalue weighted by Crippen LogP contribution is 2.31. The van der Waals surface area contributed by atoms with E-state index in [1.54, 1.807) is 26.5 Å². The van der Waals surface area contributed by atoms with Gasteiger partial charge in [0.15, 0.2) is 6.61 Å². The van der Waals surface area contributed by atoms with E-state index in [2.05, 4.69) is 10.3 Å². The number of hydrogen-bond acceptors (Lipinski definition) is 5. The molecule has 1 unspecified atom stereocenters. The Balaban J connectivity index is 1.56. The minimum Gasteiger partial charge on any atom is -0.497 e. The van der Waals surface area contributed by atoms with Crippen LogP contribution in [0.1, 0.15) is 17.4 Å². The van der Waals surface area contributed by atoms with Crippen molar-refractivity contribution in [1.82, 2.24) is 14.9 Å². The van der Waals surface area contributed by atoms with E-state index in [0.29, 0.717) is 23.1 Å². The Hall–Kier alpha value is -4.26. The molecule has 0 aliphatic rings. The maximum absolute atomic E-state index is 13.0. The van der Waals surface area contributed by atoms with E-state index in [1.807, 2.05) is 84.5 Å². The summed E-state index contributed by atoms with van der Waals surface area (Å²) in [6, 6.07) is 22.6. The van der Waals surface area contributed by atoms with E-state index >= 15 is 0 Å². The minimum absolute atomic E-state index is 0.147. The van der Waals surface area contributed by atoms with Crippen LogP contribution in [0.2, 0.25) is 0 Å². The van der Waals surface area contributed by atoms with E-state index in [-0.39, 0.29) is 12.5 Å². The topological polar surface area (TPSA) is 74.6 Å². The Morgan fingerprint density at radius 3 is 2.29 bits per heavy atom. The van der Waals surface area contributed by atoms with Crippen molar-refractivity contribution in [2.75, 3.05) is 20.8 Å². The van der Waals surface area contributed by atoms with Crippen LogP contribution in [0.3, 0.4) is 0 Å². The number of benzene rings is 3. The number of rotatable bonds is 9. The molecule has 1 N–H and O–H groups in total. The van der Waals surface area contributed by atoms with Crippen molar-refractivity contribution in [2.45, 2.75) is 6.04 Å². The highest BCUT2D eigenvalue weighted by Gasteiger charge is 2.23. The molecule has 7 heteroatoms. The summed E-state index contributed by atoms with van der Waals surface area (Å²) in [7, 11) is 5.06. The summed E-state index contributed by atoms with van der Waals surface area (Å²) in [5.74, 6) is 2.28. The quantitative estimate of drug-likeness (QED) is 0.404. The van der Waals surface area contributed by atoms with E-state index in [4.69, 9.17) is 14.2 Å². The number of hydrogen-bond donors (Lipinski definition) is 1. The standard InChI is InChI=1S/C27H27N3O4/c1-30-14-13-28-27(30)26(20-15-21(32-2)17-22(16-20)33-3)29-25(31)18-34-24-12-8-7-11-23(24)19-9-5-4-6-10-19/h4-17,26H,18H2,1-3H3,(H,29,31). The first-order valence-electron chi connectivity index (χ1n) is 10.9. The molecule has 0 radical (unpaired) electrons. The fourth-order valence-corrected chi connectivity index (χ4v) is 3.74. The van der Waals surface area contributed by atoms with Crippen molar-refractivity contribution < 1.29 is 19.0 Å². The number of ether oxygens (including phenoxy) is 3. The molecule has 0 spiro atoms. The molecule has 4 aromatic rings. The average Bonchev–Trinajstić information content (AvgIpc) is 3.31. The van der Waals surface area contributed by atoms with Crippen molar-refractivity contribution >= 4 is 5.91 Å². The molecule has 1 aromatic heterocycles. The van der Waals surface area contributed by atoms with Gasteiger partial charge in [-0.15, -0.1) is 0 Å². The van der Waals surface area contributed by atoms with Crippen LogP contribution >= 0.6 is 0 Å². The summed E-state index contributed by atoms with van der Waals surface area (Å²) in [5, 5.41) is 3.05. The first-order valence-corrected chi connectivity index (χ1v) is 10.9. The van der Waals surface area contributed by atoms with Crippen molar-refractivity contribution in [1.29, 1.82) is 0 Å². The Morgan fingerprint density at radius 1 is 0.971 bits per heavy atom. The van der Waals surface area contributed by atoms with E-state index in [9.17, 15) is 4.79 Å². The molecule has 7 nitrogen and oxygen atoms in total. The highest BCUT2D eigenvalue weighted by molar-refractivity contribution is 5.79. The number of nitrogens with one attached hydrogen (secondary N) is 1. The lowest BCUT2D eigenvalue weighted by Gasteiger charge is -2.21. The van der Waals surface area contributed by atoms with Gasteiger partial charge < -0.3 is 24.1 Å². The van der Waals surface area contributed by atoms with Crippen LogP contribution in [0.25, 0.3) is 11.1 Å². The van der Waals surface area contributed by atoms with E-state index in [1.165, 1.54) is 0 Å². The lowest BCUT2D eigenvalue weighted by molar-refractivity contribution is -0.123. The zero-order valence-corrected chi connectivity index (χ0v) is 19.4. The second kappa shape index (κ2) is 10.6. The molecule has 1 heterocycles.